The van der Waals surface area contributed by atoms with Crippen molar-refractivity contribution in [2.75, 3.05) is 14.2 Å². The molecule has 2 amide bonds. The van der Waals surface area contributed by atoms with Crippen LogP contribution in [0.4, 0.5) is 0 Å². The van der Waals surface area contributed by atoms with Crippen LogP contribution in [-0.4, -0.2) is 61.9 Å². The Hall–Kier alpha value is -3.64. The number of carbonyl (C=O) groups excluding carboxylic acids is 2. The van der Waals surface area contributed by atoms with E-state index in [1.165, 1.54) is 32.4 Å². The molecule has 188 valence electrons. The first-order valence-corrected chi connectivity index (χ1v) is 12.1. The Morgan fingerprint density at radius 1 is 1.11 bits per heavy atom. The first-order valence-electron chi connectivity index (χ1n) is 10.7. The van der Waals surface area contributed by atoms with Gasteiger partial charge in [-0.2, -0.15) is 4.31 Å². The van der Waals surface area contributed by atoms with Crippen LogP contribution in [0.25, 0.3) is 0 Å². The maximum Gasteiger partial charge on any atom is 0.326 e. The summed E-state index contributed by atoms with van der Waals surface area (Å²) in [5.41, 5.74) is 6.60. The van der Waals surface area contributed by atoms with Gasteiger partial charge >= 0.3 is 5.97 Å². The number of fused-ring (bicyclic) bond motifs is 1. The van der Waals surface area contributed by atoms with Gasteiger partial charge in [0.2, 0.25) is 21.8 Å². The smallest absolute Gasteiger partial charge is 0.326 e. The average molecular weight is 506 g/mol. The number of nitrogens with two attached hydrogens (primary N) is 1. The number of primary amides is 1. The van der Waals surface area contributed by atoms with E-state index in [1.54, 1.807) is 24.3 Å². The zero-order chi connectivity index (χ0) is 25.8. The van der Waals surface area contributed by atoms with Crippen LogP contribution in [0.1, 0.15) is 24.0 Å². The summed E-state index contributed by atoms with van der Waals surface area (Å²) < 4.78 is 38.8. The van der Waals surface area contributed by atoms with E-state index in [2.05, 4.69) is 5.32 Å². The molecule has 1 unspecified atom stereocenters. The Kier molecular flexibility index (Phi) is 7.97. The molecule has 3 rings (SSSR count). The highest BCUT2D eigenvalue weighted by atomic mass is 32.2. The summed E-state index contributed by atoms with van der Waals surface area (Å²) in [7, 11) is -1.43. The van der Waals surface area contributed by atoms with Crippen molar-refractivity contribution in [2.24, 2.45) is 5.73 Å². The van der Waals surface area contributed by atoms with Crippen molar-refractivity contribution < 1.29 is 37.4 Å². The van der Waals surface area contributed by atoms with Gasteiger partial charge in [-0.25, -0.2) is 13.2 Å². The number of rotatable bonds is 10. The third-order valence-corrected chi connectivity index (χ3v) is 7.61. The molecular weight excluding hydrogens is 478 g/mol. The minimum absolute atomic E-state index is 0.0384. The van der Waals surface area contributed by atoms with E-state index >= 15 is 0 Å². The minimum Gasteiger partial charge on any atom is -0.493 e. The number of methoxy groups -OCH3 is 2. The van der Waals surface area contributed by atoms with Crippen LogP contribution < -0.4 is 20.5 Å². The number of carboxylic acid groups (broad SMARTS) is 1. The standard InChI is InChI=1S/C23H27N3O8S/c1-33-19-9-7-16(12-20(19)34-2)35(31,32)26-13-15-6-4-3-5-14(15)11-18(26)22(28)25-17(23(29)30)8-10-21(24)27/h3-7,9,12,17-18H,8,10-11,13H2,1-2H3,(H2,24,27)(H,25,28)(H,29,30)/t17?,18-/m0/s1. The number of hydrogen-bond donors (Lipinski definition) is 3. The Labute approximate surface area is 202 Å². The fourth-order valence-electron chi connectivity index (χ4n) is 3.90. The number of nitrogens with one attached hydrogen (secondary N) is 1. The number of ether oxygens (including phenoxy) is 2. The van der Waals surface area contributed by atoms with Crippen LogP contribution >= 0.6 is 0 Å². The molecule has 0 aromatic heterocycles. The predicted molar refractivity (Wildman–Crippen MR) is 124 cm³/mol. The van der Waals surface area contributed by atoms with Gasteiger partial charge in [-0.3, -0.25) is 9.59 Å². The quantitative estimate of drug-likeness (QED) is 0.423. The van der Waals surface area contributed by atoms with Gasteiger partial charge < -0.3 is 25.6 Å². The van der Waals surface area contributed by atoms with E-state index in [4.69, 9.17) is 15.2 Å². The third kappa shape index (κ3) is 5.72. The molecule has 2 aromatic carbocycles. The summed E-state index contributed by atoms with van der Waals surface area (Å²) in [6.07, 6.45) is -0.433. The molecule has 0 aliphatic carbocycles. The molecule has 11 nitrogen and oxygen atoms in total. The Morgan fingerprint density at radius 2 is 1.77 bits per heavy atom. The molecule has 35 heavy (non-hydrogen) atoms. The van der Waals surface area contributed by atoms with E-state index < -0.39 is 39.9 Å². The van der Waals surface area contributed by atoms with Gasteiger partial charge in [-0.15, -0.1) is 0 Å². The normalized spacial score (nSPS) is 16.6. The SMILES string of the molecule is COc1ccc(S(=O)(=O)N2Cc3ccccc3C[C@H]2C(=O)NC(CCC(N)=O)C(=O)O)cc1OC. The molecule has 0 radical (unpaired) electrons. The summed E-state index contributed by atoms with van der Waals surface area (Å²) in [6.45, 7) is -0.0933. The van der Waals surface area contributed by atoms with Crippen molar-refractivity contribution in [2.45, 2.75) is 42.8 Å². The first kappa shape index (κ1) is 26.0. The zero-order valence-electron chi connectivity index (χ0n) is 19.3. The third-order valence-electron chi connectivity index (χ3n) is 5.76. The van der Waals surface area contributed by atoms with Gasteiger partial charge in [0.15, 0.2) is 11.5 Å². The zero-order valence-corrected chi connectivity index (χ0v) is 20.1. The maximum absolute atomic E-state index is 13.7. The molecular formula is C23H27N3O8S. The summed E-state index contributed by atoms with van der Waals surface area (Å²) in [4.78, 5) is 35.9. The average Bonchev–Trinajstić information content (AvgIpc) is 2.84. The van der Waals surface area contributed by atoms with Gasteiger partial charge in [0.25, 0.3) is 0 Å². The molecule has 1 aliphatic heterocycles. The predicted octanol–water partition coefficient (Wildman–Crippen LogP) is 0.654. The Bertz CT molecular complexity index is 1230. The van der Waals surface area contributed by atoms with Gasteiger partial charge in [0.1, 0.15) is 12.1 Å². The van der Waals surface area contributed by atoms with E-state index in [0.717, 1.165) is 15.4 Å². The van der Waals surface area contributed by atoms with Crippen molar-refractivity contribution in [3.05, 3.63) is 53.6 Å². The largest absolute Gasteiger partial charge is 0.493 e. The summed E-state index contributed by atoms with van der Waals surface area (Å²) in [5.74, 6) is -2.33. The van der Waals surface area contributed by atoms with Gasteiger partial charge in [-0.1, -0.05) is 24.3 Å². The van der Waals surface area contributed by atoms with Gasteiger partial charge in [-0.05, 0) is 36.1 Å². The Balaban J connectivity index is 1.99. The number of nitrogens with zero attached hydrogens (tertiary/aromatic N) is 1. The summed E-state index contributed by atoms with van der Waals surface area (Å²) in [6, 6.07) is 8.57. The number of carboxylic acids is 1. The maximum atomic E-state index is 13.7. The molecule has 0 bridgehead atoms. The van der Waals surface area contributed by atoms with E-state index in [-0.39, 0.29) is 36.5 Å². The monoisotopic (exact) mass is 505 g/mol. The topological polar surface area (TPSA) is 165 Å². The first-order chi connectivity index (χ1) is 16.6. The molecule has 1 heterocycles. The van der Waals surface area contributed by atoms with Crippen LogP contribution in [0.15, 0.2) is 47.4 Å². The highest BCUT2D eigenvalue weighted by Gasteiger charge is 2.41. The number of benzene rings is 2. The molecule has 1 aliphatic rings. The lowest BCUT2D eigenvalue weighted by Crippen LogP contribution is -2.55. The molecule has 0 saturated carbocycles. The van der Waals surface area contributed by atoms with Crippen molar-refractivity contribution in [3.63, 3.8) is 0 Å². The molecule has 12 heteroatoms. The van der Waals surface area contributed by atoms with Crippen molar-refractivity contribution in [1.29, 1.82) is 0 Å². The number of sulfonamides is 1. The number of carbonyl (C=O) groups is 3. The molecule has 0 fully saturated rings. The van der Waals surface area contributed by atoms with Gasteiger partial charge in [0, 0.05) is 19.0 Å². The van der Waals surface area contributed by atoms with E-state index in [1.807, 2.05) is 0 Å². The second-order valence-corrected chi connectivity index (χ2v) is 9.85. The fraction of sp³-hybridized carbons (Fsp3) is 0.348. The molecule has 0 saturated heterocycles. The second-order valence-electron chi connectivity index (χ2n) is 7.96. The lowest BCUT2D eigenvalue weighted by molar-refractivity contribution is -0.142. The van der Waals surface area contributed by atoms with Gasteiger partial charge in [0.05, 0.1) is 19.1 Å². The number of aliphatic carboxylic acids is 1. The van der Waals surface area contributed by atoms with Crippen molar-refractivity contribution >= 4 is 27.8 Å². The number of amides is 2. The van der Waals surface area contributed by atoms with E-state index in [0.29, 0.717) is 5.75 Å². The van der Waals surface area contributed by atoms with Crippen LogP contribution in [0.2, 0.25) is 0 Å². The Morgan fingerprint density at radius 3 is 2.37 bits per heavy atom. The van der Waals surface area contributed by atoms with Crippen molar-refractivity contribution in [1.82, 2.24) is 9.62 Å². The molecule has 2 aromatic rings. The molecule has 0 spiro atoms. The number of hydrogen-bond acceptors (Lipinski definition) is 7. The van der Waals surface area contributed by atoms with Crippen LogP contribution in [0, 0.1) is 0 Å². The second kappa shape index (κ2) is 10.7. The van der Waals surface area contributed by atoms with Crippen LogP contribution in [0.3, 0.4) is 0 Å². The lowest BCUT2D eigenvalue weighted by Gasteiger charge is -2.35. The highest BCUT2D eigenvalue weighted by molar-refractivity contribution is 7.89. The highest BCUT2D eigenvalue weighted by Crippen LogP contribution is 2.34. The van der Waals surface area contributed by atoms with Crippen LogP contribution in [-0.2, 0) is 37.4 Å². The lowest BCUT2D eigenvalue weighted by atomic mass is 9.95. The summed E-state index contributed by atoms with van der Waals surface area (Å²) in [5, 5.41) is 11.8. The summed E-state index contributed by atoms with van der Waals surface area (Å²) >= 11 is 0. The van der Waals surface area contributed by atoms with Crippen molar-refractivity contribution in [3.8, 4) is 11.5 Å². The molecule has 4 N–H and O–H groups in total. The molecule has 2 atom stereocenters. The van der Waals surface area contributed by atoms with Crippen LogP contribution in [0.5, 0.6) is 11.5 Å². The van der Waals surface area contributed by atoms with E-state index in [9.17, 15) is 27.9 Å². The minimum atomic E-state index is -4.22. The fourth-order valence-corrected chi connectivity index (χ4v) is 5.48.